The Hall–Kier alpha value is -2.69. The van der Waals surface area contributed by atoms with Crippen LogP contribution in [0.2, 0.25) is 0 Å². The molecule has 0 aliphatic carbocycles. The number of nitrogens with one attached hydrogen (secondary N) is 1. The number of carbonyl (C=O) groups is 1. The van der Waals surface area contributed by atoms with Gasteiger partial charge in [-0.15, -0.1) is 0 Å². The van der Waals surface area contributed by atoms with E-state index in [0.717, 1.165) is 43.2 Å². The second-order valence-corrected chi connectivity index (χ2v) is 6.58. The molecule has 1 heterocycles. The van der Waals surface area contributed by atoms with Gasteiger partial charge in [-0.25, -0.2) is 0 Å². The lowest BCUT2D eigenvalue weighted by Gasteiger charge is -2.36. The van der Waals surface area contributed by atoms with Crippen molar-refractivity contribution in [2.75, 3.05) is 50.1 Å². The predicted molar refractivity (Wildman–Crippen MR) is 106 cm³/mol. The van der Waals surface area contributed by atoms with Crippen molar-refractivity contribution in [3.05, 3.63) is 54.1 Å². The third kappa shape index (κ3) is 4.48. The Labute approximate surface area is 155 Å². The van der Waals surface area contributed by atoms with Crippen LogP contribution in [-0.2, 0) is 4.79 Å². The van der Waals surface area contributed by atoms with E-state index in [1.807, 2.05) is 36.1 Å². The Bertz CT molecular complexity index is 725. The quantitative estimate of drug-likeness (QED) is 0.866. The Balaban J connectivity index is 1.46. The van der Waals surface area contributed by atoms with Gasteiger partial charge in [0.15, 0.2) is 0 Å². The Morgan fingerprint density at radius 2 is 1.81 bits per heavy atom. The first-order valence-corrected chi connectivity index (χ1v) is 9.13. The van der Waals surface area contributed by atoms with Gasteiger partial charge in [-0.2, -0.15) is 0 Å². The first-order chi connectivity index (χ1) is 12.7. The lowest BCUT2D eigenvalue weighted by molar-refractivity contribution is -0.131. The largest absolute Gasteiger partial charge is 0.495 e. The molecule has 0 saturated carbocycles. The van der Waals surface area contributed by atoms with Crippen LogP contribution in [0.3, 0.4) is 0 Å². The second-order valence-electron chi connectivity index (χ2n) is 6.58. The number of rotatable bonds is 6. The van der Waals surface area contributed by atoms with Gasteiger partial charge >= 0.3 is 0 Å². The zero-order chi connectivity index (χ0) is 18.4. The fourth-order valence-electron chi connectivity index (χ4n) is 3.28. The maximum atomic E-state index is 12.5. The van der Waals surface area contributed by atoms with Gasteiger partial charge in [-0.3, -0.25) is 4.79 Å². The molecule has 2 aromatic carbocycles. The van der Waals surface area contributed by atoms with Crippen LogP contribution in [0.25, 0.3) is 0 Å². The highest BCUT2D eigenvalue weighted by atomic mass is 16.5. The number of nitrogens with zero attached hydrogens (tertiary/aromatic N) is 2. The molecular formula is C21H27N3O2. The van der Waals surface area contributed by atoms with Gasteiger partial charge in [0, 0.05) is 44.8 Å². The number of anilines is 2. The van der Waals surface area contributed by atoms with Crippen LogP contribution in [0, 0.1) is 6.92 Å². The maximum absolute atomic E-state index is 12.5. The number of ether oxygens (including phenoxy) is 1. The van der Waals surface area contributed by atoms with Crippen molar-refractivity contribution in [3.8, 4) is 5.75 Å². The van der Waals surface area contributed by atoms with Crippen molar-refractivity contribution in [2.24, 2.45) is 0 Å². The van der Waals surface area contributed by atoms with E-state index < -0.39 is 0 Å². The molecule has 2 aromatic rings. The van der Waals surface area contributed by atoms with Crippen LogP contribution in [0.4, 0.5) is 11.4 Å². The van der Waals surface area contributed by atoms with Crippen molar-refractivity contribution in [2.45, 2.75) is 13.3 Å². The van der Waals surface area contributed by atoms with Crippen LogP contribution >= 0.6 is 0 Å². The number of benzene rings is 2. The molecule has 0 aromatic heterocycles. The highest BCUT2D eigenvalue weighted by molar-refractivity contribution is 5.77. The lowest BCUT2D eigenvalue weighted by Crippen LogP contribution is -2.49. The normalized spacial score (nSPS) is 14.2. The predicted octanol–water partition coefficient (Wildman–Crippen LogP) is 3.15. The summed E-state index contributed by atoms with van der Waals surface area (Å²) in [6, 6.07) is 16.4. The van der Waals surface area contributed by atoms with Crippen LogP contribution in [0.15, 0.2) is 48.5 Å². The molecule has 0 atom stereocenters. The van der Waals surface area contributed by atoms with E-state index >= 15 is 0 Å². The number of para-hydroxylation sites is 1. The van der Waals surface area contributed by atoms with E-state index in [4.69, 9.17) is 4.74 Å². The molecule has 5 heteroatoms. The third-order valence-electron chi connectivity index (χ3n) is 4.76. The molecule has 1 N–H and O–H groups in total. The molecule has 1 fully saturated rings. The minimum absolute atomic E-state index is 0.205. The molecule has 1 saturated heterocycles. The number of carbonyl (C=O) groups excluding carboxylic acids is 1. The topological polar surface area (TPSA) is 44.8 Å². The molecular weight excluding hydrogens is 326 g/mol. The molecule has 1 aliphatic rings. The summed E-state index contributed by atoms with van der Waals surface area (Å²) >= 11 is 0. The molecule has 26 heavy (non-hydrogen) atoms. The van der Waals surface area contributed by atoms with Gasteiger partial charge in [-0.05, 0) is 36.8 Å². The SMILES string of the molecule is COc1ccc(C)cc1NCCC(=O)N1CCN(c2ccccc2)CC1. The van der Waals surface area contributed by atoms with Crippen molar-refractivity contribution in [1.82, 2.24) is 4.90 Å². The van der Waals surface area contributed by atoms with E-state index in [-0.39, 0.29) is 5.91 Å². The smallest absolute Gasteiger partial charge is 0.224 e. The summed E-state index contributed by atoms with van der Waals surface area (Å²) in [7, 11) is 1.66. The van der Waals surface area contributed by atoms with Crippen molar-refractivity contribution < 1.29 is 9.53 Å². The van der Waals surface area contributed by atoms with Crippen molar-refractivity contribution >= 4 is 17.3 Å². The van der Waals surface area contributed by atoms with Crippen molar-refractivity contribution in [1.29, 1.82) is 0 Å². The van der Waals surface area contributed by atoms with Crippen LogP contribution in [0.5, 0.6) is 5.75 Å². The molecule has 0 unspecified atom stereocenters. The van der Waals surface area contributed by atoms with Gasteiger partial charge in [0.2, 0.25) is 5.91 Å². The summed E-state index contributed by atoms with van der Waals surface area (Å²) < 4.78 is 5.36. The maximum Gasteiger partial charge on any atom is 0.224 e. The highest BCUT2D eigenvalue weighted by Gasteiger charge is 2.20. The van der Waals surface area contributed by atoms with Gasteiger partial charge < -0.3 is 19.9 Å². The number of aryl methyl sites for hydroxylation is 1. The zero-order valence-electron chi connectivity index (χ0n) is 15.6. The Kier molecular flexibility index (Phi) is 6.00. The second kappa shape index (κ2) is 8.61. The molecule has 0 bridgehead atoms. The third-order valence-corrected chi connectivity index (χ3v) is 4.76. The number of methoxy groups -OCH3 is 1. The Morgan fingerprint density at radius 3 is 2.50 bits per heavy atom. The van der Waals surface area contributed by atoms with Crippen LogP contribution in [0.1, 0.15) is 12.0 Å². The zero-order valence-corrected chi connectivity index (χ0v) is 15.6. The summed E-state index contributed by atoms with van der Waals surface area (Å²) in [5.74, 6) is 1.01. The van der Waals surface area contributed by atoms with Gasteiger partial charge in [0.05, 0.1) is 12.8 Å². The summed E-state index contributed by atoms with van der Waals surface area (Å²) in [6.07, 6.45) is 0.489. The number of amides is 1. The highest BCUT2D eigenvalue weighted by Crippen LogP contribution is 2.25. The average molecular weight is 353 g/mol. The summed E-state index contributed by atoms with van der Waals surface area (Å²) in [4.78, 5) is 16.8. The molecule has 1 aliphatic heterocycles. The first-order valence-electron chi connectivity index (χ1n) is 9.13. The average Bonchev–Trinajstić information content (AvgIpc) is 2.69. The van der Waals surface area contributed by atoms with Gasteiger partial charge in [0.25, 0.3) is 0 Å². The summed E-state index contributed by atoms with van der Waals surface area (Å²) in [5.41, 5.74) is 3.33. The van der Waals surface area contributed by atoms with E-state index in [1.54, 1.807) is 7.11 Å². The fourth-order valence-corrected chi connectivity index (χ4v) is 3.28. The minimum atomic E-state index is 0.205. The van der Waals surface area contributed by atoms with Crippen LogP contribution < -0.4 is 15.0 Å². The fraction of sp³-hybridized carbons (Fsp3) is 0.381. The molecule has 5 nitrogen and oxygen atoms in total. The molecule has 3 rings (SSSR count). The minimum Gasteiger partial charge on any atom is -0.495 e. The molecule has 1 amide bonds. The van der Waals surface area contributed by atoms with E-state index in [1.165, 1.54) is 5.69 Å². The number of hydrogen-bond donors (Lipinski definition) is 1. The number of hydrogen-bond acceptors (Lipinski definition) is 4. The lowest BCUT2D eigenvalue weighted by atomic mass is 10.2. The molecule has 0 spiro atoms. The Morgan fingerprint density at radius 1 is 1.08 bits per heavy atom. The summed E-state index contributed by atoms with van der Waals surface area (Å²) in [5, 5.41) is 3.33. The van der Waals surface area contributed by atoms with Crippen LogP contribution in [-0.4, -0.2) is 50.6 Å². The standard InChI is InChI=1S/C21H27N3O2/c1-17-8-9-20(26-2)19(16-17)22-11-10-21(25)24-14-12-23(13-15-24)18-6-4-3-5-7-18/h3-9,16,22H,10-15H2,1-2H3. The van der Waals surface area contributed by atoms with E-state index in [2.05, 4.69) is 34.5 Å². The number of piperazine rings is 1. The summed E-state index contributed by atoms with van der Waals surface area (Å²) in [6.45, 7) is 5.98. The van der Waals surface area contributed by atoms with Gasteiger partial charge in [0.1, 0.15) is 5.75 Å². The first kappa shape index (κ1) is 18.1. The molecule has 138 valence electrons. The van der Waals surface area contributed by atoms with E-state index in [0.29, 0.717) is 13.0 Å². The van der Waals surface area contributed by atoms with Gasteiger partial charge in [-0.1, -0.05) is 24.3 Å². The van der Waals surface area contributed by atoms with Crippen molar-refractivity contribution in [3.63, 3.8) is 0 Å². The monoisotopic (exact) mass is 353 g/mol. The molecule has 0 radical (unpaired) electrons. The van der Waals surface area contributed by atoms with E-state index in [9.17, 15) is 4.79 Å².